The van der Waals surface area contributed by atoms with Gasteiger partial charge in [0.05, 0.1) is 4.92 Å². The number of nitrogens with zero attached hydrogens (tertiary/aromatic N) is 3. The first-order chi connectivity index (χ1) is 8.51. The van der Waals surface area contributed by atoms with Gasteiger partial charge in [0.2, 0.25) is 0 Å². The first-order valence-electron chi connectivity index (χ1n) is 5.02. The van der Waals surface area contributed by atoms with Crippen LogP contribution in [0.25, 0.3) is 0 Å². The Kier molecular flexibility index (Phi) is 4.01. The third kappa shape index (κ3) is 2.63. The van der Waals surface area contributed by atoms with Crippen molar-refractivity contribution >= 4 is 11.4 Å². The van der Waals surface area contributed by atoms with E-state index in [9.17, 15) is 10.1 Å². The van der Waals surface area contributed by atoms with Crippen LogP contribution in [-0.2, 0) is 0 Å². The highest BCUT2D eigenvalue weighted by Crippen LogP contribution is 2.30. The normalized spacial score (nSPS) is 8.89. The number of benzene rings is 1. The topological polar surface area (TPSA) is 103 Å². The number of rotatable bonds is 3. The van der Waals surface area contributed by atoms with Gasteiger partial charge < -0.3 is 5.32 Å². The van der Waals surface area contributed by atoms with Crippen molar-refractivity contribution in [1.29, 1.82) is 10.5 Å². The van der Waals surface area contributed by atoms with Crippen molar-refractivity contribution in [3.63, 3.8) is 0 Å². The number of nitriles is 2. The van der Waals surface area contributed by atoms with Gasteiger partial charge >= 0.3 is 0 Å². The van der Waals surface area contributed by atoms with Crippen LogP contribution in [0.2, 0.25) is 0 Å². The van der Waals surface area contributed by atoms with Gasteiger partial charge in [-0.2, -0.15) is 10.5 Å². The Balaban J connectivity index is 3.28. The molecule has 0 amide bonds. The molecule has 0 bridgehead atoms. The van der Waals surface area contributed by atoms with Crippen molar-refractivity contribution in [1.82, 2.24) is 0 Å². The van der Waals surface area contributed by atoms with E-state index in [1.807, 2.05) is 6.92 Å². The van der Waals surface area contributed by atoms with Crippen molar-refractivity contribution in [3.05, 3.63) is 45.1 Å². The molecule has 0 aliphatic carbocycles. The van der Waals surface area contributed by atoms with Gasteiger partial charge in [-0.3, -0.25) is 10.1 Å². The van der Waals surface area contributed by atoms with E-state index < -0.39 is 4.92 Å². The fraction of sp³-hybridized carbons (Fsp3) is 0.167. The molecule has 0 saturated heterocycles. The van der Waals surface area contributed by atoms with Gasteiger partial charge in [-0.05, 0) is 25.0 Å². The zero-order valence-corrected chi connectivity index (χ0v) is 9.89. The highest BCUT2D eigenvalue weighted by molar-refractivity contribution is 5.69. The fourth-order valence-electron chi connectivity index (χ4n) is 1.37. The van der Waals surface area contributed by atoms with Crippen LogP contribution >= 0.6 is 0 Å². The summed E-state index contributed by atoms with van der Waals surface area (Å²) in [4.78, 5) is 10.4. The molecular weight excluding hydrogens is 232 g/mol. The minimum atomic E-state index is -0.513. The third-order valence-electron chi connectivity index (χ3n) is 2.51. The summed E-state index contributed by atoms with van der Waals surface area (Å²) in [6, 6.07) is 6.38. The summed E-state index contributed by atoms with van der Waals surface area (Å²) in [5, 5.41) is 30.7. The third-order valence-corrected chi connectivity index (χ3v) is 2.51. The predicted octanol–water partition coefficient (Wildman–Crippen LogP) is 2.55. The number of nitro groups is 1. The monoisotopic (exact) mass is 242 g/mol. The predicted molar refractivity (Wildman–Crippen MR) is 65.5 cm³/mol. The second kappa shape index (κ2) is 5.46. The lowest BCUT2D eigenvalue weighted by Gasteiger charge is -2.08. The summed E-state index contributed by atoms with van der Waals surface area (Å²) in [7, 11) is 0. The SMILES string of the molecule is Cc1ccc([N+](=O)[O-])c(NC=C(C#N)C#N)c1C. The molecule has 0 spiro atoms. The molecule has 0 unspecified atom stereocenters. The van der Waals surface area contributed by atoms with Crippen LogP contribution in [-0.4, -0.2) is 4.92 Å². The number of nitrogens with one attached hydrogen (secondary N) is 1. The molecule has 6 heteroatoms. The van der Waals surface area contributed by atoms with E-state index in [1.165, 1.54) is 6.07 Å². The maximum Gasteiger partial charge on any atom is 0.292 e. The Bertz CT molecular complexity index is 590. The summed E-state index contributed by atoms with van der Waals surface area (Å²) in [5.41, 5.74) is 1.64. The molecule has 6 nitrogen and oxygen atoms in total. The van der Waals surface area contributed by atoms with E-state index in [1.54, 1.807) is 25.1 Å². The van der Waals surface area contributed by atoms with Gasteiger partial charge in [0, 0.05) is 12.3 Å². The Hall–Kier alpha value is -2.86. The average molecular weight is 242 g/mol. The van der Waals surface area contributed by atoms with Crippen molar-refractivity contribution in [2.24, 2.45) is 0 Å². The zero-order valence-electron chi connectivity index (χ0n) is 9.89. The number of nitro benzene ring substituents is 1. The van der Waals surface area contributed by atoms with Crippen molar-refractivity contribution < 1.29 is 4.92 Å². The van der Waals surface area contributed by atoms with Gasteiger partial charge in [-0.25, -0.2) is 0 Å². The Morgan fingerprint density at radius 3 is 2.50 bits per heavy atom. The maximum atomic E-state index is 10.9. The largest absolute Gasteiger partial charge is 0.354 e. The minimum absolute atomic E-state index is 0.0930. The molecule has 1 N–H and O–H groups in total. The quantitative estimate of drug-likeness (QED) is 0.498. The molecule has 0 radical (unpaired) electrons. The summed E-state index contributed by atoms with van der Waals surface area (Å²) in [6.07, 6.45) is 1.16. The van der Waals surface area contributed by atoms with Crippen LogP contribution in [0, 0.1) is 46.6 Å². The lowest BCUT2D eigenvalue weighted by Crippen LogP contribution is -2.00. The smallest absolute Gasteiger partial charge is 0.292 e. The lowest BCUT2D eigenvalue weighted by molar-refractivity contribution is -0.384. The molecular formula is C12H10N4O2. The minimum Gasteiger partial charge on any atom is -0.354 e. The maximum absolute atomic E-state index is 10.9. The van der Waals surface area contributed by atoms with Crippen molar-refractivity contribution in [2.75, 3.05) is 5.32 Å². The lowest BCUT2D eigenvalue weighted by atomic mass is 10.1. The summed E-state index contributed by atoms with van der Waals surface area (Å²) in [6.45, 7) is 3.56. The number of allylic oxidation sites excluding steroid dienone is 1. The van der Waals surface area contributed by atoms with Crippen LogP contribution in [0.4, 0.5) is 11.4 Å². The second-order valence-corrected chi connectivity index (χ2v) is 3.58. The fourth-order valence-corrected chi connectivity index (χ4v) is 1.37. The van der Waals surface area contributed by atoms with Crippen LogP contribution in [0.3, 0.4) is 0 Å². The molecule has 1 aromatic rings. The van der Waals surface area contributed by atoms with Gasteiger partial charge in [0.25, 0.3) is 5.69 Å². The van der Waals surface area contributed by atoms with Crippen molar-refractivity contribution in [3.8, 4) is 12.1 Å². The van der Waals surface area contributed by atoms with Gasteiger partial charge in [0.1, 0.15) is 23.4 Å². The van der Waals surface area contributed by atoms with E-state index in [0.717, 1.165) is 11.8 Å². The van der Waals surface area contributed by atoms with Gasteiger partial charge in [-0.15, -0.1) is 0 Å². The Morgan fingerprint density at radius 2 is 2.00 bits per heavy atom. The molecule has 0 aliphatic rings. The second-order valence-electron chi connectivity index (χ2n) is 3.58. The van der Waals surface area contributed by atoms with Crippen LogP contribution < -0.4 is 5.32 Å². The standard InChI is InChI=1S/C12H10N4O2/c1-8-3-4-11(16(17)18)12(9(8)2)15-7-10(5-13)6-14/h3-4,7,15H,1-2H3. The molecule has 0 aromatic heterocycles. The molecule has 1 rings (SSSR count). The van der Waals surface area contributed by atoms with Gasteiger partial charge in [0.15, 0.2) is 0 Å². The molecule has 0 heterocycles. The van der Waals surface area contributed by atoms with E-state index in [0.29, 0.717) is 11.3 Å². The number of hydrogen-bond acceptors (Lipinski definition) is 5. The first-order valence-corrected chi connectivity index (χ1v) is 5.02. The average Bonchev–Trinajstić information content (AvgIpc) is 2.35. The summed E-state index contributed by atoms with van der Waals surface area (Å²) >= 11 is 0. The molecule has 18 heavy (non-hydrogen) atoms. The van der Waals surface area contributed by atoms with Gasteiger partial charge in [-0.1, -0.05) is 6.07 Å². The number of anilines is 1. The zero-order chi connectivity index (χ0) is 13.7. The Labute approximate surface area is 104 Å². The molecule has 0 atom stereocenters. The van der Waals surface area contributed by atoms with Crippen LogP contribution in [0.1, 0.15) is 11.1 Å². The van der Waals surface area contributed by atoms with E-state index >= 15 is 0 Å². The van der Waals surface area contributed by atoms with E-state index in [2.05, 4.69) is 5.32 Å². The molecule has 1 aromatic carbocycles. The molecule has 0 aliphatic heterocycles. The molecule has 90 valence electrons. The Morgan fingerprint density at radius 1 is 1.39 bits per heavy atom. The summed E-state index contributed by atoms with van der Waals surface area (Å²) < 4.78 is 0. The first kappa shape index (κ1) is 13.2. The molecule has 0 fully saturated rings. The number of hydrogen-bond donors (Lipinski definition) is 1. The van der Waals surface area contributed by atoms with E-state index in [4.69, 9.17) is 10.5 Å². The number of aryl methyl sites for hydroxylation is 1. The highest BCUT2D eigenvalue weighted by Gasteiger charge is 2.16. The van der Waals surface area contributed by atoms with Crippen LogP contribution in [0.5, 0.6) is 0 Å². The molecule has 0 saturated carbocycles. The van der Waals surface area contributed by atoms with Crippen molar-refractivity contribution in [2.45, 2.75) is 13.8 Å². The highest BCUT2D eigenvalue weighted by atomic mass is 16.6. The summed E-state index contributed by atoms with van der Waals surface area (Å²) in [5.74, 6) is 0. The van der Waals surface area contributed by atoms with Crippen LogP contribution in [0.15, 0.2) is 23.9 Å². The van der Waals surface area contributed by atoms with E-state index in [-0.39, 0.29) is 11.3 Å².